The molecule has 194 valence electrons. The summed E-state index contributed by atoms with van der Waals surface area (Å²) in [6, 6.07) is 24.8. The Kier molecular flexibility index (Phi) is 7.70. The number of benzene rings is 2. The monoisotopic (exact) mass is 526 g/mol. The Morgan fingerprint density at radius 2 is 1.87 bits per heavy atom. The predicted octanol–water partition coefficient (Wildman–Crippen LogP) is 6.05. The van der Waals surface area contributed by atoms with E-state index < -0.39 is 0 Å². The average Bonchev–Trinajstić information content (AvgIpc) is 3.54. The molecule has 2 N–H and O–H groups in total. The fourth-order valence-electron chi connectivity index (χ4n) is 4.65. The lowest BCUT2D eigenvalue weighted by Crippen LogP contribution is -2.32. The number of para-hydroxylation sites is 1. The van der Waals surface area contributed by atoms with Gasteiger partial charge in [-0.2, -0.15) is 0 Å². The number of aromatic nitrogens is 1. The van der Waals surface area contributed by atoms with Crippen molar-refractivity contribution in [3.8, 4) is 17.1 Å². The first-order valence-corrected chi connectivity index (χ1v) is 13.1. The molecule has 2 aromatic heterocycles. The van der Waals surface area contributed by atoms with Crippen LogP contribution in [0.2, 0.25) is 0 Å². The van der Waals surface area contributed by atoms with Gasteiger partial charge in [-0.15, -0.1) is 0 Å². The highest BCUT2D eigenvalue weighted by Gasteiger charge is 2.41. The minimum Gasteiger partial charge on any atom is -0.494 e. The van der Waals surface area contributed by atoms with E-state index >= 15 is 0 Å². The lowest BCUT2D eigenvalue weighted by atomic mass is 10.0. The summed E-state index contributed by atoms with van der Waals surface area (Å²) in [5, 5.41) is 6.98. The highest BCUT2D eigenvalue weighted by Crippen LogP contribution is 2.40. The molecule has 1 aliphatic heterocycles. The molecule has 1 saturated heterocycles. The number of ether oxygens (including phenoxy) is 1. The normalized spacial score (nSPS) is 16.8. The van der Waals surface area contributed by atoms with Crippen LogP contribution in [0.4, 0.5) is 5.69 Å². The molecule has 0 unspecified atom stereocenters. The number of nitrogens with one attached hydrogen (secondary N) is 2. The van der Waals surface area contributed by atoms with Crippen molar-refractivity contribution in [2.75, 3.05) is 18.5 Å². The van der Waals surface area contributed by atoms with Crippen LogP contribution in [0.25, 0.3) is 11.3 Å². The molecule has 0 aliphatic carbocycles. The Morgan fingerprint density at radius 1 is 1.08 bits per heavy atom. The summed E-state index contributed by atoms with van der Waals surface area (Å²) < 4.78 is 12.0. The van der Waals surface area contributed by atoms with Crippen molar-refractivity contribution >= 4 is 28.9 Å². The number of carbonyl (C=O) groups excluding carboxylic acids is 1. The van der Waals surface area contributed by atoms with Crippen LogP contribution >= 0.6 is 12.2 Å². The number of thiocarbonyl (C=S) groups is 1. The third-order valence-electron chi connectivity index (χ3n) is 6.56. The van der Waals surface area contributed by atoms with Crippen molar-refractivity contribution in [3.63, 3.8) is 0 Å². The predicted molar refractivity (Wildman–Crippen MR) is 152 cm³/mol. The van der Waals surface area contributed by atoms with E-state index in [0.717, 1.165) is 39.8 Å². The maximum Gasteiger partial charge on any atom is 0.226 e. The molecule has 1 fully saturated rings. The highest BCUT2D eigenvalue weighted by molar-refractivity contribution is 7.80. The van der Waals surface area contributed by atoms with E-state index in [2.05, 4.69) is 15.6 Å². The number of nitrogens with zero attached hydrogens (tertiary/aromatic N) is 2. The Bertz CT molecular complexity index is 1400. The van der Waals surface area contributed by atoms with Crippen molar-refractivity contribution < 1.29 is 13.9 Å². The van der Waals surface area contributed by atoms with Crippen LogP contribution < -0.4 is 15.4 Å². The molecule has 0 radical (unpaired) electrons. The van der Waals surface area contributed by atoms with Crippen molar-refractivity contribution in [3.05, 3.63) is 102 Å². The molecule has 0 spiro atoms. The fourth-order valence-corrected chi connectivity index (χ4v) is 4.98. The summed E-state index contributed by atoms with van der Waals surface area (Å²) >= 11 is 5.74. The molecule has 38 heavy (non-hydrogen) atoms. The molecule has 1 aliphatic rings. The number of rotatable bonds is 9. The molecule has 8 heteroatoms. The second-order valence-corrected chi connectivity index (χ2v) is 9.48. The number of hydrogen-bond acceptors (Lipinski definition) is 5. The molecule has 4 aromatic rings. The van der Waals surface area contributed by atoms with Gasteiger partial charge in [-0.3, -0.25) is 9.78 Å². The van der Waals surface area contributed by atoms with Gasteiger partial charge in [-0.25, -0.2) is 0 Å². The smallest absolute Gasteiger partial charge is 0.226 e. The van der Waals surface area contributed by atoms with Gasteiger partial charge in [0.1, 0.15) is 23.3 Å². The molecule has 0 bridgehead atoms. The summed E-state index contributed by atoms with van der Waals surface area (Å²) in [5.41, 5.74) is 3.63. The fraction of sp³-hybridized carbons (Fsp3) is 0.233. The van der Waals surface area contributed by atoms with Crippen molar-refractivity contribution in [1.29, 1.82) is 0 Å². The lowest BCUT2D eigenvalue weighted by Gasteiger charge is -2.26. The van der Waals surface area contributed by atoms with Crippen LogP contribution in [-0.4, -0.2) is 34.1 Å². The number of carbonyl (C=O) groups is 1. The van der Waals surface area contributed by atoms with Gasteiger partial charge in [0.2, 0.25) is 5.91 Å². The minimum absolute atomic E-state index is 0.0725. The maximum atomic E-state index is 12.8. The van der Waals surface area contributed by atoms with E-state index in [1.165, 1.54) is 0 Å². The summed E-state index contributed by atoms with van der Waals surface area (Å²) in [6.07, 6.45) is 2.04. The van der Waals surface area contributed by atoms with Gasteiger partial charge in [-0.05, 0) is 86.2 Å². The summed E-state index contributed by atoms with van der Waals surface area (Å²) in [7, 11) is 0. The van der Waals surface area contributed by atoms with Crippen molar-refractivity contribution in [2.24, 2.45) is 0 Å². The third kappa shape index (κ3) is 5.55. The van der Waals surface area contributed by atoms with Crippen LogP contribution in [-0.2, 0) is 4.79 Å². The van der Waals surface area contributed by atoms with Gasteiger partial charge < -0.3 is 24.7 Å². The van der Waals surface area contributed by atoms with E-state index in [1.807, 2.05) is 97.6 Å². The number of anilines is 1. The highest BCUT2D eigenvalue weighted by atomic mass is 32.1. The summed E-state index contributed by atoms with van der Waals surface area (Å²) in [4.78, 5) is 19.4. The van der Waals surface area contributed by atoms with Crippen LogP contribution in [0.5, 0.6) is 5.75 Å². The first-order valence-electron chi connectivity index (χ1n) is 12.7. The number of pyridine rings is 1. The minimum atomic E-state index is -0.264. The number of furan rings is 1. The van der Waals surface area contributed by atoms with Gasteiger partial charge >= 0.3 is 0 Å². The van der Waals surface area contributed by atoms with Crippen LogP contribution in [0.15, 0.2) is 89.5 Å². The Balaban J connectivity index is 1.38. The molecular formula is C30H30N4O3S. The molecule has 2 aromatic carbocycles. The largest absolute Gasteiger partial charge is 0.494 e. The van der Waals surface area contributed by atoms with Crippen molar-refractivity contribution in [1.82, 2.24) is 15.2 Å². The van der Waals surface area contributed by atoms with E-state index in [4.69, 9.17) is 21.4 Å². The quantitative estimate of drug-likeness (QED) is 0.257. The zero-order valence-corrected chi connectivity index (χ0v) is 22.2. The molecule has 1 amide bonds. The molecule has 7 nitrogen and oxygen atoms in total. The Hall–Kier alpha value is -4.17. The average molecular weight is 527 g/mol. The standard InChI is InChI=1S/C30H30N4O3S/c1-3-36-22-13-11-21(12-14-22)25-15-16-26(37-25)29-28(24-10-6-7-18-31-24)33-30(38)34(29)19-17-27(35)32-23-9-5-4-8-20(23)2/h4-16,18,28-29H,3,17,19H2,1-2H3,(H,32,35)(H,33,38)/t28-,29+/m1/s1. The van der Waals surface area contributed by atoms with Gasteiger partial charge in [-0.1, -0.05) is 24.3 Å². The first-order chi connectivity index (χ1) is 18.5. The second-order valence-electron chi connectivity index (χ2n) is 9.09. The van der Waals surface area contributed by atoms with E-state index in [9.17, 15) is 4.79 Å². The van der Waals surface area contributed by atoms with Gasteiger partial charge in [0.25, 0.3) is 0 Å². The zero-order valence-electron chi connectivity index (χ0n) is 21.4. The van der Waals surface area contributed by atoms with Gasteiger partial charge in [0.15, 0.2) is 5.11 Å². The number of hydrogen-bond donors (Lipinski definition) is 2. The second kappa shape index (κ2) is 11.5. The molecule has 3 heterocycles. The molecular weight excluding hydrogens is 496 g/mol. The van der Waals surface area contributed by atoms with Crippen molar-refractivity contribution in [2.45, 2.75) is 32.4 Å². The van der Waals surface area contributed by atoms with E-state index in [-0.39, 0.29) is 24.4 Å². The molecule has 2 atom stereocenters. The lowest BCUT2D eigenvalue weighted by molar-refractivity contribution is -0.116. The maximum absolute atomic E-state index is 12.8. The van der Waals surface area contributed by atoms with Gasteiger partial charge in [0.05, 0.1) is 18.3 Å². The van der Waals surface area contributed by atoms with Crippen LogP contribution in [0.3, 0.4) is 0 Å². The SMILES string of the molecule is CCOc1ccc(-c2ccc([C@H]3[C@@H](c4ccccn4)NC(=S)N3CCC(=O)Nc3ccccc3C)o2)cc1. The first kappa shape index (κ1) is 25.5. The zero-order chi connectivity index (χ0) is 26.5. The Labute approximate surface area is 227 Å². The Morgan fingerprint density at radius 3 is 2.61 bits per heavy atom. The molecule has 5 rings (SSSR count). The van der Waals surface area contributed by atoms with Crippen LogP contribution in [0.1, 0.15) is 42.4 Å². The van der Waals surface area contributed by atoms with E-state index in [1.54, 1.807) is 6.20 Å². The van der Waals surface area contributed by atoms with Crippen LogP contribution in [0, 0.1) is 6.92 Å². The number of aryl methyl sites for hydroxylation is 1. The summed E-state index contributed by atoms with van der Waals surface area (Å²) in [6.45, 7) is 4.98. The molecule has 0 saturated carbocycles. The van der Waals surface area contributed by atoms with E-state index in [0.29, 0.717) is 18.3 Å². The van der Waals surface area contributed by atoms with Gasteiger partial charge in [0, 0.05) is 30.4 Å². The topological polar surface area (TPSA) is 79.6 Å². The summed E-state index contributed by atoms with van der Waals surface area (Å²) in [5.74, 6) is 2.24. The third-order valence-corrected chi connectivity index (χ3v) is 6.92. The number of amides is 1.